The summed E-state index contributed by atoms with van der Waals surface area (Å²) in [5.41, 5.74) is -2.18. The number of aryl methyl sites for hydroxylation is 1. The van der Waals surface area contributed by atoms with Gasteiger partial charge in [-0.2, -0.15) is 23.3 Å². The molecule has 0 fully saturated rings. The van der Waals surface area contributed by atoms with Crippen molar-refractivity contribution in [3.8, 4) is 0 Å². The van der Waals surface area contributed by atoms with Gasteiger partial charge in [0, 0.05) is 12.4 Å². The Labute approximate surface area is 141 Å². The van der Waals surface area contributed by atoms with Crippen LogP contribution in [0.2, 0.25) is 0 Å². The Morgan fingerprint density at radius 2 is 1.92 bits per heavy atom. The largest absolute Gasteiger partial charge is 0.438 e. The number of aromatic nitrogens is 1. The molecule has 1 amide bonds. The Hall–Kier alpha value is -2.74. The van der Waals surface area contributed by atoms with Crippen molar-refractivity contribution >= 4 is 11.6 Å². The van der Waals surface area contributed by atoms with Gasteiger partial charge >= 0.3 is 6.18 Å². The first-order valence-electron chi connectivity index (χ1n) is 7.40. The maximum absolute atomic E-state index is 13.5. The molecule has 1 aromatic heterocycles. The quantitative estimate of drug-likeness (QED) is 0.907. The molecule has 0 radical (unpaired) electrons. The van der Waals surface area contributed by atoms with E-state index in [0.717, 1.165) is 11.8 Å². The number of hydrogen-bond acceptors (Lipinski definition) is 4. The van der Waals surface area contributed by atoms with E-state index in [1.807, 2.05) is 6.92 Å². The van der Waals surface area contributed by atoms with E-state index >= 15 is 0 Å². The lowest BCUT2D eigenvalue weighted by Gasteiger charge is -2.32. The van der Waals surface area contributed by atoms with Gasteiger partial charge in [0.1, 0.15) is 0 Å². The lowest BCUT2D eigenvalue weighted by Crippen LogP contribution is -2.56. The van der Waals surface area contributed by atoms with Crippen LogP contribution >= 0.6 is 0 Å². The number of amides is 1. The second kappa shape index (κ2) is 5.96. The number of alkyl halides is 3. The molecule has 1 aliphatic heterocycles. The Balaban J connectivity index is 2.04. The Kier molecular flexibility index (Phi) is 4.08. The number of pyridine rings is 1. The van der Waals surface area contributed by atoms with Crippen LogP contribution in [0.4, 0.5) is 13.2 Å². The molecule has 8 heteroatoms. The monoisotopic (exact) mass is 349 g/mol. The second-order valence-corrected chi connectivity index (χ2v) is 5.76. The zero-order valence-corrected chi connectivity index (χ0v) is 13.2. The van der Waals surface area contributed by atoms with E-state index < -0.39 is 24.2 Å². The maximum atomic E-state index is 13.5. The van der Waals surface area contributed by atoms with Gasteiger partial charge in [0.05, 0.1) is 17.7 Å². The molecular weight excluding hydrogens is 335 g/mol. The van der Waals surface area contributed by atoms with Crippen molar-refractivity contribution in [3.63, 3.8) is 0 Å². The van der Waals surface area contributed by atoms with Gasteiger partial charge in [-0.05, 0) is 24.6 Å². The number of hydrazone groups is 1. The average Bonchev–Trinajstić information content (AvgIpc) is 2.94. The van der Waals surface area contributed by atoms with E-state index in [9.17, 15) is 23.1 Å². The van der Waals surface area contributed by atoms with E-state index in [2.05, 4.69) is 10.1 Å². The van der Waals surface area contributed by atoms with Crippen molar-refractivity contribution in [3.05, 3.63) is 65.5 Å². The lowest BCUT2D eigenvalue weighted by atomic mass is 10.00. The summed E-state index contributed by atoms with van der Waals surface area (Å²) >= 11 is 0. The highest BCUT2D eigenvalue weighted by atomic mass is 19.4. The highest BCUT2D eigenvalue weighted by Crippen LogP contribution is 2.41. The number of carbonyl (C=O) groups is 1. The van der Waals surface area contributed by atoms with Gasteiger partial charge in [-0.15, -0.1) is 0 Å². The normalized spacial score (nSPS) is 20.5. The van der Waals surface area contributed by atoms with Crippen molar-refractivity contribution in [2.75, 3.05) is 0 Å². The fraction of sp³-hybridized carbons (Fsp3) is 0.235. The molecular formula is C17H14F3N3O2. The van der Waals surface area contributed by atoms with Gasteiger partial charge in [0.25, 0.3) is 11.6 Å². The number of benzene rings is 1. The van der Waals surface area contributed by atoms with Crippen LogP contribution in [-0.2, 0) is 0 Å². The van der Waals surface area contributed by atoms with Crippen LogP contribution < -0.4 is 0 Å². The average molecular weight is 349 g/mol. The van der Waals surface area contributed by atoms with Crippen LogP contribution in [-0.4, -0.2) is 38.6 Å². The Bertz CT molecular complexity index is 819. The summed E-state index contributed by atoms with van der Waals surface area (Å²) in [5, 5.41) is 14.1. The zero-order chi connectivity index (χ0) is 18.2. The molecule has 2 heterocycles. The zero-order valence-electron chi connectivity index (χ0n) is 13.2. The summed E-state index contributed by atoms with van der Waals surface area (Å²) in [6, 6.07) is 9.37. The van der Waals surface area contributed by atoms with Crippen molar-refractivity contribution in [1.29, 1.82) is 0 Å². The van der Waals surface area contributed by atoms with Crippen molar-refractivity contribution in [2.24, 2.45) is 5.10 Å². The first kappa shape index (κ1) is 17.1. The summed E-state index contributed by atoms with van der Waals surface area (Å²) in [5.74, 6) is -1.07. The van der Waals surface area contributed by atoms with Crippen LogP contribution in [0.5, 0.6) is 0 Å². The maximum Gasteiger partial charge on any atom is 0.438 e. The molecule has 3 rings (SSSR count). The molecule has 1 aliphatic rings. The fourth-order valence-corrected chi connectivity index (χ4v) is 2.50. The lowest BCUT2D eigenvalue weighted by molar-refractivity contribution is -0.297. The van der Waals surface area contributed by atoms with E-state index in [4.69, 9.17) is 0 Å². The fourth-order valence-electron chi connectivity index (χ4n) is 2.50. The molecule has 2 aromatic rings. The number of carbonyl (C=O) groups excluding carboxylic acids is 1. The highest BCUT2D eigenvalue weighted by Gasteiger charge is 2.63. The first-order chi connectivity index (χ1) is 11.7. The van der Waals surface area contributed by atoms with E-state index in [1.54, 1.807) is 24.3 Å². The summed E-state index contributed by atoms with van der Waals surface area (Å²) < 4.78 is 40.5. The summed E-state index contributed by atoms with van der Waals surface area (Å²) in [6.07, 6.45) is -3.40. The van der Waals surface area contributed by atoms with Crippen molar-refractivity contribution in [1.82, 2.24) is 9.99 Å². The van der Waals surface area contributed by atoms with Gasteiger partial charge in [0.15, 0.2) is 0 Å². The molecule has 0 saturated heterocycles. The topological polar surface area (TPSA) is 65.8 Å². The van der Waals surface area contributed by atoms with Crippen molar-refractivity contribution < 1.29 is 23.1 Å². The minimum atomic E-state index is -5.07. The third-order valence-corrected chi connectivity index (χ3v) is 3.92. The second-order valence-electron chi connectivity index (χ2n) is 5.76. The number of aliphatic hydroxyl groups is 1. The van der Waals surface area contributed by atoms with Gasteiger partial charge in [-0.3, -0.25) is 9.78 Å². The smallest absolute Gasteiger partial charge is 0.362 e. The molecule has 5 nitrogen and oxygen atoms in total. The summed E-state index contributed by atoms with van der Waals surface area (Å²) in [4.78, 5) is 16.2. The third-order valence-electron chi connectivity index (χ3n) is 3.92. The highest BCUT2D eigenvalue weighted by molar-refractivity contribution is 6.05. The van der Waals surface area contributed by atoms with Gasteiger partial charge in [0.2, 0.25) is 0 Å². The predicted octanol–water partition coefficient (Wildman–Crippen LogP) is 2.89. The Morgan fingerprint density at radius 3 is 2.48 bits per heavy atom. The van der Waals surface area contributed by atoms with E-state index in [0.29, 0.717) is 5.56 Å². The van der Waals surface area contributed by atoms with Crippen LogP contribution in [0.15, 0.2) is 53.9 Å². The molecule has 1 aromatic carbocycles. The molecule has 130 valence electrons. The molecule has 25 heavy (non-hydrogen) atoms. The molecule has 1 atom stereocenters. The number of rotatable bonds is 2. The van der Waals surface area contributed by atoms with Gasteiger partial charge in [-0.25, -0.2) is 0 Å². The molecule has 0 bridgehead atoms. The molecule has 0 unspecified atom stereocenters. The van der Waals surface area contributed by atoms with Crippen LogP contribution in [0.25, 0.3) is 0 Å². The number of halogens is 3. The Morgan fingerprint density at radius 1 is 1.24 bits per heavy atom. The molecule has 0 aliphatic carbocycles. The van der Waals surface area contributed by atoms with Crippen LogP contribution in [0, 0.1) is 6.92 Å². The standard InChI is InChI=1S/C17H14F3N3O2/c1-11-4-6-12(7-5-11)14-9-16(25,17(18,19)20)23(22-14)15(24)13-3-2-8-21-10-13/h2-8,10,25H,9H2,1H3/t16-/m1/s1. The SMILES string of the molecule is Cc1ccc(C2=NN(C(=O)c3cccnc3)[C@](O)(C(F)(F)F)C2)cc1. The summed E-state index contributed by atoms with van der Waals surface area (Å²) in [6.45, 7) is 1.84. The number of nitrogens with zero attached hydrogens (tertiary/aromatic N) is 3. The summed E-state index contributed by atoms with van der Waals surface area (Å²) in [7, 11) is 0. The van der Waals surface area contributed by atoms with Gasteiger partial charge in [-0.1, -0.05) is 29.8 Å². The molecule has 1 N–H and O–H groups in total. The third kappa shape index (κ3) is 3.00. The first-order valence-corrected chi connectivity index (χ1v) is 7.40. The molecule has 0 saturated carbocycles. The minimum absolute atomic E-state index is 0.0166. The number of hydrogen-bond donors (Lipinski definition) is 1. The predicted molar refractivity (Wildman–Crippen MR) is 83.7 cm³/mol. The van der Waals surface area contributed by atoms with E-state index in [1.165, 1.54) is 18.3 Å². The van der Waals surface area contributed by atoms with Gasteiger partial charge < -0.3 is 5.11 Å². The van der Waals surface area contributed by atoms with Crippen LogP contribution in [0.1, 0.15) is 27.9 Å². The van der Waals surface area contributed by atoms with Crippen LogP contribution in [0.3, 0.4) is 0 Å². The molecule has 0 spiro atoms. The van der Waals surface area contributed by atoms with E-state index in [-0.39, 0.29) is 16.3 Å². The minimum Gasteiger partial charge on any atom is -0.362 e. The van der Waals surface area contributed by atoms with Crippen molar-refractivity contribution in [2.45, 2.75) is 25.2 Å².